The van der Waals surface area contributed by atoms with E-state index in [9.17, 15) is 19.5 Å². The van der Waals surface area contributed by atoms with Crippen molar-refractivity contribution >= 4 is 23.5 Å². The zero-order valence-corrected chi connectivity index (χ0v) is 15.7. The van der Waals surface area contributed by atoms with Crippen molar-refractivity contribution in [2.24, 2.45) is 11.8 Å². The maximum atomic E-state index is 12.8. The highest BCUT2D eigenvalue weighted by molar-refractivity contribution is 5.99. The minimum atomic E-state index is -1.01. The van der Waals surface area contributed by atoms with Crippen LogP contribution in [-0.4, -0.2) is 35.1 Å². The fourth-order valence-electron chi connectivity index (χ4n) is 4.17. The molecule has 4 rings (SSSR count). The highest BCUT2D eigenvalue weighted by Crippen LogP contribution is 2.44. The van der Waals surface area contributed by atoms with Crippen LogP contribution in [0.3, 0.4) is 0 Å². The minimum Gasteiger partial charge on any atom is -0.481 e. The zero-order valence-electron chi connectivity index (χ0n) is 15.7. The van der Waals surface area contributed by atoms with E-state index in [-0.39, 0.29) is 17.9 Å². The van der Waals surface area contributed by atoms with Gasteiger partial charge in [0.15, 0.2) is 0 Å². The smallest absolute Gasteiger partial charge is 0.310 e. The van der Waals surface area contributed by atoms with Crippen LogP contribution < -0.4 is 10.6 Å². The minimum absolute atomic E-state index is 0.253. The first kappa shape index (κ1) is 19.1. The Morgan fingerprint density at radius 1 is 0.966 bits per heavy atom. The summed E-state index contributed by atoms with van der Waals surface area (Å²) >= 11 is 0. The third-order valence-corrected chi connectivity index (χ3v) is 5.55. The van der Waals surface area contributed by atoms with E-state index in [0.717, 1.165) is 5.56 Å². The number of nitrogens with one attached hydrogen (secondary N) is 2. The van der Waals surface area contributed by atoms with Crippen LogP contribution in [0, 0.1) is 11.8 Å². The van der Waals surface area contributed by atoms with Crippen molar-refractivity contribution in [3.05, 3.63) is 65.7 Å². The molecular weight excluding hydrogens is 372 g/mol. The van der Waals surface area contributed by atoms with Gasteiger partial charge in [0.2, 0.25) is 5.91 Å². The van der Waals surface area contributed by atoms with Gasteiger partial charge in [-0.3, -0.25) is 14.4 Å². The van der Waals surface area contributed by atoms with Gasteiger partial charge in [-0.15, -0.1) is 0 Å². The first-order valence-electron chi connectivity index (χ1n) is 9.64. The number of rotatable bonds is 6. The van der Waals surface area contributed by atoms with Crippen molar-refractivity contribution in [2.75, 3.05) is 5.32 Å². The predicted molar refractivity (Wildman–Crippen MR) is 105 cm³/mol. The number of hydrogen-bond donors (Lipinski definition) is 3. The number of carbonyl (C=O) groups is 3. The molecule has 4 atom stereocenters. The van der Waals surface area contributed by atoms with E-state index in [1.807, 2.05) is 30.3 Å². The maximum Gasteiger partial charge on any atom is 0.310 e. The van der Waals surface area contributed by atoms with E-state index < -0.39 is 23.9 Å². The normalized spacial score (nSPS) is 24.8. The number of benzene rings is 2. The summed E-state index contributed by atoms with van der Waals surface area (Å²) in [5, 5.41) is 15.1. The molecule has 2 aromatic carbocycles. The number of carboxylic acids is 1. The van der Waals surface area contributed by atoms with Gasteiger partial charge in [0, 0.05) is 17.8 Å². The van der Waals surface area contributed by atoms with E-state index in [0.29, 0.717) is 30.6 Å². The number of carboxylic acid groups (broad SMARTS) is 1. The van der Waals surface area contributed by atoms with E-state index >= 15 is 0 Å². The van der Waals surface area contributed by atoms with E-state index in [4.69, 9.17) is 4.74 Å². The summed E-state index contributed by atoms with van der Waals surface area (Å²) in [6, 6.07) is 16.2. The molecule has 2 fully saturated rings. The van der Waals surface area contributed by atoms with Crippen molar-refractivity contribution < 1.29 is 24.2 Å². The molecule has 7 nitrogen and oxygen atoms in total. The molecular formula is C22H22N2O5. The van der Waals surface area contributed by atoms with Crippen LogP contribution in [-0.2, 0) is 20.9 Å². The molecule has 150 valence electrons. The Balaban J connectivity index is 1.41. The molecule has 0 aromatic heterocycles. The monoisotopic (exact) mass is 394 g/mol. The Morgan fingerprint density at radius 2 is 1.69 bits per heavy atom. The fraction of sp³-hybridized carbons (Fsp3) is 0.318. The van der Waals surface area contributed by atoms with Crippen molar-refractivity contribution in [2.45, 2.75) is 31.6 Å². The number of amides is 2. The van der Waals surface area contributed by atoms with Gasteiger partial charge in [0.25, 0.3) is 5.91 Å². The second-order valence-electron chi connectivity index (χ2n) is 7.42. The van der Waals surface area contributed by atoms with Crippen molar-refractivity contribution in [1.29, 1.82) is 0 Å². The number of hydrogen-bond acceptors (Lipinski definition) is 4. The van der Waals surface area contributed by atoms with E-state index in [1.165, 1.54) is 0 Å². The summed E-state index contributed by atoms with van der Waals surface area (Å²) in [5.41, 5.74) is 1.85. The van der Waals surface area contributed by atoms with Crippen LogP contribution in [0.5, 0.6) is 0 Å². The van der Waals surface area contributed by atoms with Crippen LogP contribution in [0.2, 0.25) is 0 Å². The maximum absolute atomic E-state index is 12.8. The molecule has 2 aromatic rings. The van der Waals surface area contributed by atoms with Crippen LogP contribution in [0.4, 0.5) is 5.69 Å². The Kier molecular flexibility index (Phi) is 5.31. The Morgan fingerprint density at radius 3 is 2.41 bits per heavy atom. The van der Waals surface area contributed by atoms with Gasteiger partial charge in [-0.1, -0.05) is 36.4 Å². The number of aliphatic carboxylic acids is 1. The van der Waals surface area contributed by atoms with Crippen LogP contribution in [0.25, 0.3) is 0 Å². The SMILES string of the molecule is O=C(NCc1ccccc1)c1cccc(NC(=O)[C@@H]2[C@H](C(=O)O)[C@@H]3CC[C@H]2O3)c1. The molecule has 3 N–H and O–H groups in total. The quantitative estimate of drug-likeness (QED) is 0.698. The van der Waals surface area contributed by atoms with Gasteiger partial charge in [-0.05, 0) is 36.6 Å². The lowest BCUT2D eigenvalue weighted by Crippen LogP contribution is -2.41. The number of fused-ring (bicyclic) bond motifs is 2. The Labute approximate surface area is 168 Å². The second-order valence-corrected chi connectivity index (χ2v) is 7.42. The Bertz CT molecular complexity index is 930. The van der Waals surface area contributed by atoms with E-state index in [2.05, 4.69) is 10.6 Å². The summed E-state index contributed by atoms with van der Waals surface area (Å²) in [6.45, 7) is 0.402. The van der Waals surface area contributed by atoms with Gasteiger partial charge in [0.1, 0.15) is 0 Å². The lowest BCUT2D eigenvalue weighted by molar-refractivity contribution is -0.147. The average molecular weight is 394 g/mol. The van der Waals surface area contributed by atoms with Crippen LogP contribution >= 0.6 is 0 Å². The highest BCUT2D eigenvalue weighted by atomic mass is 16.5. The number of ether oxygens (including phenoxy) is 1. The molecule has 0 aliphatic carbocycles. The van der Waals surface area contributed by atoms with Crippen molar-refractivity contribution in [1.82, 2.24) is 5.32 Å². The zero-order chi connectivity index (χ0) is 20.4. The molecule has 7 heteroatoms. The third kappa shape index (κ3) is 4.00. The largest absolute Gasteiger partial charge is 0.481 e. The topological polar surface area (TPSA) is 105 Å². The van der Waals surface area contributed by atoms with Gasteiger partial charge in [-0.25, -0.2) is 0 Å². The lowest BCUT2D eigenvalue weighted by Gasteiger charge is -2.23. The number of carbonyl (C=O) groups excluding carboxylic acids is 2. The molecule has 0 spiro atoms. The standard InChI is InChI=1S/C22H22N2O5/c25-20(23-12-13-5-2-1-3-6-13)14-7-4-8-15(11-14)24-21(26)18-16-9-10-17(29-16)19(18)22(27)28/h1-8,11,16-19H,9-10,12H2,(H,23,25)(H,24,26)(H,27,28)/t16-,17+,18+,19-/m1/s1. The van der Waals surface area contributed by atoms with Gasteiger partial charge >= 0.3 is 5.97 Å². The summed E-state index contributed by atoms with van der Waals surface area (Å²) < 4.78 is 5.65. The molecule has 2 heterocycles. The van der Waals surface area contributed by atoms with Crippen LogP contribution in [0.1, 0.15) is 28.8 Å². The fourth-order valence-corrected chi connectivity index (χ4v) is 4.17. The molecule has 2 amide bonds. The summed E-state index contributed by atoms with van der Waals surface area (Å²) in [6.07, 6.45) is 0.596. The first-order chi connectivity index (χ1) is 14.0. The molecule has 2 aliphatic rings. The molecule has 2 aliphatic heterocycles. The third-order valence-electron chi connectivity index (χ3n) is 5.55. The van der Waals surface area contributed by atoms with Crippen LogP contribution in [0.15, 0.2) is 54.6 Å². The molecule has 0 unspecified atom stereocenters. The van der Waals surface area contributed by atoms with Gasteiger partial charge in [-0.2, -0.15) is 0 Å². The predicted octanol–water partition coefficient (Wildman–Crippen LogP) is 2.43. The Hall–Kier alpha value is -3.19. The molecule has 29 heavy (non-hydrogen) atoms. The first-order valence-corrected chi connectivity index (χ1v) is 9.64. The summed E-state index contributed by atoms with van der Waals surface area (Å²) in [5.74, 6) is -3.19. The molecule has 2 saturated heterocycles. The molecule has 0 saturated carbocycles. The van der Waals surface area contributed by atoms with Gasteiger partial charge < -0.3 is 20.5 Å². The number of anilines is 1. The summed E-state index contributed by atoms with van der Waals surface area (Å²) in [4.78, 5) is 36.8. The van der Waals surface area contributed by atoms with E-state index in [1.54, 1.807) is 24.3 Å². The summed E-state index contributed by atoms with van der Waals surface area (Å²) in [7, 11) is 0. The second kappa shape index (κ2) is 8.05. The van der Waals surface area contributed by atoms with Crippen molar-refractivity contribution in [3.63, 3.8) is 0 Å². The molecule has 0 radical (unpaired) electrons. The van der Waals surface area contributed by atoms with Gasteiger partial charge in [0.05, 0.1) is 24.0 Å². The highest BCUT2D eigenvalue weighted by Gasteiger charge is 2.55. The molecule has 2 bridgehead atoms. The average Bonchev–Trinajstić information content (AvgIpc) is 3.34. The lowest BCUT2D eigenvalue weighted by atomic mass is 9.78. The van der Waals surface area contributed by atoms with Crippen molar-refractivity contribution in [3.8, 4) is 0 Å².